The Hall–Kier alpha value is -2.31. The second-order valence-electron chi connectivity index (χ2n) is 4.82. The Morgan fingerprint density at radius 3 is 2.32 bits per heavy atom. The number of ether oxygens (including phenoxy) is 3. The van der Waals surface area contributed by atoms with E-state index in [0.717, 1.165) is 12.1 Å². The van der Waals surface area contributed by atoms with Gasteiger partial charge in [0.25, 0.3) is 0 Å². The normalized spacial score (nSPS) is 10.3. The van der Waals surface area contributed by atoms with Crippen molar-refractivity contribution in [1.82, 2.24) is 0 Å². The molecule has 0 fully saturated rings. The first-order valence-electron chi connectivity index (χ1n) is 6.94. The van der Waals surface area contributed by atoms with Crippen molar-refractivity contribution < 1.29 is 28.2 Å². The monoisotopic (exact) mass is 386 g/mol. The van der Waals surface area contributed by atoms with Gasteiger partial charge in [0.1, 0.15) is 5.82 Å². The molecule has 8 heteroatoms. The van der Waals surface area contributed by atoms with E-state index in [0.29, 0.717) is 11.5 Å². The zero-order chi connectivity index (χ0) is 18.6. The number of benzene rings is 2. The van der Waals surface area contributed by atoms with Crippen molar-refractivity contribution in [3.8, 4) is 11.5 Å². The van der Waals surface area contributed by atoms with E-state index in [2.05, 4.69) is 0 Å². The van der Waals surface area contributed by atoms with Gasteiger partial charge >= 0.3 is 5.97 Å². The molecule has 5 nitrogen and oxygen atoms in total. The van der Waals surface area contributed by atoms with Crippen molar-refractivity contribution in [2.45, 2.75) is 0 Å². The van der Waals surface area contributed by atoms with Gasteiger partial charge in [0, 0.05) is 5.56 Å². The van der Waals surface area contributed by atoms with E-state index in [1.807, 2.05) is 0 Å². The highest BCUT2D eigenvalue weighted by atomic mass is 35.5. The highest BCUT2D eigenvalue weighted by Gasteiger charge is 2.18. The number of halogens is 3. The molecule has 0 aliphatic heterocycles. The third kappa shape index (κ3) is 4.41. The van der Waals surface area contributed by atoms with E-state index in [4.69, 9.17) is 37.4 Å². The van der Waals surface area contributed by atoms with E-state index in [1.54, 1.807) is 6.07 Å². The van der Waals surface area contributed by atoms with Crippen LogP contribution in [0.5, 0.6) is 11.5 Å². The number of hydrogen-bond donors (Lipinski definition) is 0. The summed E-state index contributed by atoms with van der Waals surface area (Å²) >= 11 is 11.4. The third-order valence-electron chi connectivity index (χ3n) is 3.27. The summed E-state index contributed by atoms with van der Waals surface area (Å²) in [4.78, 5) is 24.1. The molecule has 132 valence electrons. The topological polar surface area (TPSA) is 61.8 Å². The number of rotatable bonds is 6. The van der Waals surface area contributed by atoms with Gasteiger partial charge in [0.05, 0.1) is 29.8 Å². The van der Waals surface area contributed by atoms with Crippen LogP contribution in [-0.2, 0) is 4.74 Å². The second kappa shape index (κ2) is 8.18. The predicted octanol–water partition coefficient (Wildman–Crippen LogP) is 4.19. The van der Waals surface area contributed by atoms with Gasteiger partial charge in [-0.1, -0.05) is 23.2 Å². The Morgan fingerprint density at radius 1 is 1.00 bits per heavy atom. The van der Waals surface area contributed by atoms with Crippen LogP contribution >= 0.6 is 23.2 Å². The van der Waals surface area contributed by atoms with E-state index in [1.165, 1.54) is 26.4 Å². The van der Waals surface area contributed by atoms with Gasteiger partial charge in [-0.25, -0.2) is 9.18 Å². The Bertz CT molecular complexity index is 823. The van der Waals surface area contributed by atoms with Crippen molar-refractivity contribution in [2.75, 3.05) is 20.8 Å². The van der Waals surface area contributed by atoms with E-state index >= 15 is 0 Å². The van der Waals surface area contributed by atoms with Crippen molar-refractivity contribution in [2.24, 2.45) is 0 Å². The molecule has 0 aliphatic carbocycles. The first-order chi connectivity index (χ1) is 11.9. The maximum atomic E-state index is 13.4. The number of carbonyl (C=O) groups excluding carboxylic acids is 2. The Kier molecular flexibility index (Phi) is 6.22. The fourth-order valence-corrected chi connectivity index (χ4v) is 2.44. The van der Waals surface area contributed by atoms with Crippen molar-refractivity contribution in [1.29, 1.82) is 0 Å². The fraction of sp³-hybridized carbons (Fsp3) is 0.176. The minimum absolute atomic E-state index is 0.0741. The lowest BCUT2D eigenvalue weighted by molar-refractivity contribution is 0.0474. The summed E-state index contributed by atoms with van der Waals surface area (Å²) in [5.41, 5.74) is 0.0440. The lowest BCUT2D eigenvalue weighted by Crippen LogP contribution is -2.15. The van der Waals surface area contributed by atoms with Crippen LogP contribution in [0.2, 0.25) is 10.0 Å². The van der Waals surface area contributed by atoms with Crippen LogP contribution in [0.25, 0.3) is 0 Å². The highest BCUT2D eigenvalue weighted by molar-refractivity contribution is 6.36. The molecule has 0 aromatic heterocycles. The van der Waals surface area contributed by atoms with Crippen molar-refractivity contribution in [3.63, 3.8) is 0 Å². The molecular formula is C17H13Cl2FO5. The predicted molar refractivity (Wildman–Crippen MR) is 90.6 cm³/mol. The molecule has 0 heterocycles. The van der Waals surface area contributed by atoms with Crippen LogP contribution in [0.4, 0.5) is 4.39 Å². The molecule has 0 amide bonds. The Morgan fingerprint density at radius 2 is 1.68 bits per heavy atom. The van der Waals surface area contributed by atoms with Gasteiger partial charge in [0.2, 0.25) is 0 Å². The maximum Gasteiger partial charge on any atom is 0.340 e. The summed E-state index contributed by atoms with van der Waals surface area (Å²) in [6, 6.07) is 6.47. The minimum Gasteiger partial charge on any atom is -0.493 e. The molecule has 0 radical (unpaired) electrons. The first kappa shape index (κ1) is 19.0. The fourth-order valence-electron chi connectivity index (χ4n) is 1.98. The van der Waals surface area contributed by atoms with Gasteiger partial charge in [0.15, 0.2) is 23.9 Å². The van der Waals surface area contributed by atoms with Crippen LogP contribution in [0.15, 0.2) is 30.3 Å². The Balaban J connectivity index is 2.09. The smallest absolute Gasteiger partial charge is 0.340 e. The molecule has 0 spiro atoms. The SMILES string of the molecule is COc1ccc(C(=O)COC(=O)c2cc(F)c(Cl)cc2Cl)cc1OC. The molecule has 25 heavy (non-hydrogen) atoms. The number of ketones is 1. The van der Waals surface area contributed by atoms with Gasteiger partial charge in [-0.2, -0.15) is 0 Å². The number of Topliss-reactive ketones (excluding diaryl/α,β-unsaturated/α-hetero) is 1. The summed E-state index contributed by atoms with van der Waals surface area (Å²) in [7, 11) is 2.90. The third-order valence-corrected chi connectivity index (χ3v) is 3.87. The molecule has 2 aromatic rings. The summed E-state index contributed by atoms with van der Waals surface area (Å²) in [6.45, 7) is -0.547. The zero-order valence-corrected chi connectivity index (χ0v) is 14.8. The molecule has 0 bridgehead atoms. The first-order valence-corrected chi connectivity index (χ1v) is 7.69. The standard InChI is InChI=1S/C17H13Cl2FO5/c1-23-15-4-3-9(5-16(15)24-2)14(21)8-25-17(22)10-6-13(20)12(19)7-11(10)18/h3-7H,8H2,1-2H3. The molecule has 2 aromatic carbocycles. The summed E-state index contributed by atoms with van der Waals surface area (Å²) < 4.78 is 28.5. The van der Waals surface area contributed by atoms with Crippen LogP contribution in [0.1, 0.15) is 20.7 Å². The maximum absolute atomic E-state index is 13.4. The van der Waals surface area contributed by atoms with Gasteiger partial charge < -0.3 is 14.2 Å². The molecule has 0 aliphatic rings. The Labute approximate surface area is 153 Å². The van der Waals surface area contributed by atoms with Crippen LogP contribution < -0.4 is 9.47 Å². The van der Waals surface area contributed by atoms with E-state index in [9.17, 15) is 14.0 Å². The average molecular weight is 387 g/mol. The van der Waals surface area contributed by atoms with Gasteiger partial charge in [-0.3, -0.25) is 4.79 Å². The molecule has 0 saturated heterocycles. The molecule has 0 N–H and O–H groups in total. The summed E-state index contributed by atoms with van der Waals surface area (Å²) in [5.74, 6) is -1.40. The van der Waals surface area contributed by atoms with Crippen LogP contribution in [0.3, 0.4) is 0 Å². The number of esters is 1. The highest BCUT2D eigenvalue weighted by Crippen LogP contribution is 2.28. The average Bonchev–Trinajstić information content (AvgIpc) is 2.61. The quantitative estimate of drug-likeness (QED) is 0.423. The summed E-state index contributed by atoms with van der Waals surface area (Å²) in [5, 5.41) is -0.294. The number of methoxy groups -OCH3 is 2. The lowest BCUT2D eigenvalue weighted by atomic mass is 10.1. The summed E-state index contributed by atoms with van der Waals surface area (Å²) in [6.07, 6.45) is 0. The lowest BCUT2D eigenvalue weighted by Gasteiger charge is -2.10. The van der Waals surface area contributed by atoms with Crippen molar-refractivity contribution >= 4 is 35.0 Å². The minimum atomic E-state index is -0.936. The number of carbonyl (C=O) groups is 2. The van der Waals surface area contributed by atoms with Gasteiger partial charge in [-0.05, 0) is 30.3 Å². The van der Waals surface area contributed by atoms with Gasteiger partial charge in [-0.15, -0.1) is 0 Å². The van der Waals surface area contributed by atoms with E-state index < -0.39 is 24.2 Å². The van der Waals surface area contributed by atoms with Crippen LogP contribution in [-0.4, -0.2) is 32.6 Å². The number of hydrogen-bond acceptors (Lipinski definition) is 5. The molecule has 0 saturated carbocycles. The molecule has 2 rings (SSSR count). The largest absolute Gasteiger partial charge is 0.493 e. The van der Waals surface area contributed by atoms with Crippen molar-refractivity contribution in [3.05, 3.63) is 57.3 Å². The molecular weight excluding hydrogens is 374 g/mol. The second-order valence-corrected chi connectivity index (χ2v) is 5.63. The van der Waals surface area contributed by atoms with E-state index in [-0.39, 0.29) is 21.2 Å². The molecule has 0 unspecified atom stereocenters. The molecule has 0 atom stereocenters. The van der Waals surface area contributed by atoms with Crippen LogP contribution in [0, 0.1) is 5.82 Å². The zero-order valence-electron chi connectivity index (χ0n) is 13.3.